The number of hydrogen-bond acceptors (Lipinski definition) is 3. The smallest absolute Gasteiger partial charge is 0.235 e. The van der Waals surface area contributed by atoms with E-state index in [0.717, 1.165) is 6.42 Å². The Morgan fingerprint density at radius 3 is 2.26 bits per heavy atom. The summed E-state index contributed by atoms with van der Waals surface area (Å²) in [7, 11) is -3.36. The van der Waals surface area contributed by atoms with E-state index in [2.05, 4.69) is 0 Å². The fraction of sp³-hybridized carbons (Fsp3) is 0.571. The lowest BCUT2D eigenvalue weighted by Gasteiger charge is -2.29. The molecule has 5 heteroatoms. The first-order chi connectivity index (χ1) is 8.67. The van der Waals surface area contributed by atoms with Crippen molar-refractivity contribution >= 4 is 21.4 Å². The molecule has 0 aromatic heterocycles. The molecule has 108 valence electrons. The highest BCUT2D eigenvalue weighted by molar-refractivity contribution is 7.92. The molecule has 0 fully saturated rings. The van der Waals surface area contributed by atoms with Gasteiger partial charge in [0, 0.05) is 6.54 Å². The molecular weight excluding hydrogens is 260 g/mol. The van der Waals surface area contributed by atoms with Gasteiger partial charge in [-0.15, -0.1) is 0 Å². The van der Waals surface area contributed by atoms with E-state index in [1.807, 2.05) is 27.7 Å². The van der Waals surface area contributed by atoms with Gasteiger partial charge in [0.1, 0.15) is 0 Å². The highest BCUT2D eigenvalue weighted by atomic mass is 32.2. The van der Waals surface area contributed by atoms with Crippen LogP contribution < -0.4 is 10.0 Å². The standard InChI is InChI=1S/C14H24N2O2S/c1-5-10-16(13-9-7-6-8-12(13)15)19(17,18)11-14(2,3)4/h6-9H,5,10-11,15H2,1-4H3. The van der Waals surface area contributed by atoms with Crippen molar-refractivity contribution in [2.75, 3.05) is 22.3 Å². The van der Waals surface area contributed by atoms with Gasteiger partial charge >= 0.3 is 0 Å². The Morgan fingerprint density at radius 1 is 1.21 bits per heavy atom. The molecule has 0 heterocycles. The van der Waals surface area contributed by atoms with Crippen molar-refractivity contribution in [3.8, 4) is 0 Å². The lowest BCUT2D eigenvalue weighted by Crippen LogP contribution is -2.38. The van der Waals surface area contributed by atoms with Crippen LogP contribution >= 0.6 is 0 Å². The number of rotatable bonds is 5. The molecule has 0 amide bonds. The van der Waals surface area contributed by atoms with Gasteiger partial charge in [-0.2, -0.15) is 0 Å². The van der Waals surface area contributed by atoms with Crippen LogP contribution in [0, 0.1) is 5.41 Å². The van der Waals surface area contributed by atoms with Gasteiger partial charge in [-0.25, -0.2) is 8.42 Å². The van der Waals surface area contributed by atoms with Crippen LogP contribution in [-0.4, -0.2) is 20.7 Å². The van der Waals surface area contributed by atoms with E-state index in [-0.39, 0.29) is 11.2 Å². The molecular formula is C14H24N2O2S. The molecule has 0 unspecified atom stereocenters. The highest BCUT2D eigenvalue weighted by Crippen LogP contribution is 2.28. The third-order valence-electron chi connectivity index (χ3n) is 2.58. The lowest BCUT2D eigenvalue weighted by molar-refractivity contribution is 0.460. The zero-order valence-corrected chi connectivity index (χ0v) is 13.0. The lowest BCUT2D eigenvalue weighted by atomic mass is 10.0. The number of nitrogens with two attached hydrogens (primary N) is 1. The molecule has 0 bridgehead atoms. The molecule has 2 N–H and O–H groups in total. The van der Waals surface area contributed by atoms with E-state index in [1.165, 1.54) is 4.31 Å². The SMILES string of the molecule is CCCN(c1ccccc1N)S(=O)(=O)CC(C)(C)C. The van der Waals surface area contributed by atoms with E-state index < -0.39 is 10.0 Å². The molecule has 0 aliphatic heterocycles. The van der Waals surface area contributed by atoms with Gasteiger partial charge in [-0.05, 0) is 24.0 Å². The zero-order chi connectivity index (χ0) is 14.7. The van der Waals surface area contributed by atoms with Crippen molar-refractivity contribution in [2.45, 2.75) is 34.1 Å². The quantitative estimate of drug-likeness (QED) is 0.846. The number of nitrogen functional groups attached to an aromatic ring is 1. The van der Waals surface area contributed by atoms with E-state index in [4.69, 9.17) is 5.73 Å². The number of benzene rings is 1. The van der Waals surface area contributed by atoms with Crippen LogP contribution in [0.25, 0.3) is 0 Å². The van der Waals surface area contributed by atoms with Crippen molar-refractivity contribution in [3.63, 3.8) is 0 Å². The predicted octanol–water partition coefficient (Wildman–Crippen LogP) is 2.86. The summed E-state index contributed by atoms with van der Waals surface area (Å²) in [5, 5.41) is 0. The summed E-state index contributed by atoms with van der Waals surface area (Å²) in [5.41, 5.74) is 6.69. The van der Waals surface area contributed by atoms with Crippen molar-refractivity contribution < 1.29 is 8.42 Å². The normalized spacial score (nSPS) is 12.4. The molecule has 1 rings (SSSR count). The Balaban J connectivity index is 3.18. The average Bonchev–Trinajstić information content (AvgIpc) is 2.23. The summed E-state index contributed by atoms with van der Waals surface area (Å²) in [6.07, 6.45) is 0.748. The van der Waals surface area contributed by atoms with E-state index in [9.17, 15) is 8.42 Å². The maximum atomic E-state index is 12.6. The number of para-hydroxylation sites is 2. The highest BCUT2D eigenvalue weighted by Gasteiger charge is 2.28. The Hall–Kier alpha value is -1.23. The van der Waals surface area contributed by atoms with E-state index in [0.29, 0.717) is 17.9 Å². The maximum absolute atomic E-state index is 12.6. The summed E-state index contributed by atoms with van der Waals surface area (Å²) in [5.74, 6) is 0.105. The first-order valence-corrected chi connectivity index (χ1v) is 8.13. The molecule has 1 aromatic carbocycles. The minimum atomic E-state index is -3.36. The zero-order valence-electron chi connectivity index (χ0n) is 12.2. The molecule has 0 saturated carbocycles. The van der Waals surface area contributed by atoms with E-state index >= 15 is 0 Å². The summed E-state index contributed by atoms with van der Waals surface area (Å²) in [6.45, 7) is 8.17. The van der Waals surface area contributed by atoms with Crippen LogP contribution in [0.1, 0.15) is 34.1 Å². The minimum absolute atomic E-state index is 0.105. The summed E-state index contributed by atoms with van der Waals surface area (Å²) in [6, 6.07) is 7.09. The Kier molecular flexibility index (Phi) is 4.85. The van der Waals surface area contributed by atoms with Gasteiger partial charge in [0.25, 0.3) is 0 Å². The Morgan fingerprint density at radius 2 is 1.79 bits per heavy atom. The van der Waals surface area contributed by atoms with Gasteiger partial charge in [0.05, 0.1) is 17.1 Å². The molecule has 4 nitrogen and oxygen atoms in total. The Labute approximate surface area is 116 Å². The summed E-state index contributed by atoms with van der Waals surface area (Å²) < 4.78 is 26.6. The van der Waals surface area contributed by atoms with Gasteiger partial charge in [0.15, 0.2) is 0 Å². The molecule has 0 aliphatic carbocycles. The Bertz CT molecular complexity index is 518. The molecule has 0 saturated heterocycles. The van der Waals surface area contributed by atoms with E-state index in [1.54, 1.807) is 24.3 Å². The molecule has 1 aromatic rings. The first-order valence-electron chi connectivity index (χ1n) is 6.52. The van der Waals surface area contributed by atoms with Crippen LogP contribution in [-0.2, 0) is 10.0 Å². The summed E-state index contributed by atoms with van der Waals surface area (Å²) >= 11 is 0. The van der Waals surface area contributed by atoms with Crippen LogP contribution in [0.5, 0.6) is 0 Å². The van der Waals surface area contributed by atoms with Crippen LogP contribution in [0.2, 0.25) is 0 Å². The second kappa shape index (κ2) is 5.82. The number of hydrogen-bond donors (Lipinski definition) is 1. The topological polar surface area (TPSA) is 63.4 Å². The monoisotopic (exact) mass is 284 g/mol. The number of sulfonamides is 1. The van der Waals surface area contributed by atoms with Gasteiger partial charge in [-0.3, -0.25) is 4.31 Å². The third kappa shape index (κ3) is 4.42. The molecule has 0 radical (unpaired) electrons. The van der Waals surface area contributed by atoms with Gasteiger partial charge < -0.3 is 5.73 Å². The number of nitrogens with zero attached hydrogens (tertiary/aromatic N) is 1. The van der Waals surface area contributed by atoms with Crippen molar-refractivity contribution in [1.82, 2.24) is 0 Å². The van der Waals surface area contributed by atoms with Gasteiger partial charge in [-0.1, -0.05) is 39.8 Å². The van der Waals surface area contributed by atoms with Crippen LogP contribution in [0.4, 0.5) is 11.4 Å². The fourth-order valence-electron chi connectivity index (χ4n) is 1.95. The average molecular weight is 284 g/mol. The third-order valence-corrected chi connectivity index (χ3v) is 4.87. The van der Waals surface area contributed by atoms with Crippen LogP contribution in [0.3, 0.4) is 0 Å². The summed E-state index contributed by atoms with van der Waals surface area (Å²) in [4.78, 5) is 0. The predicted molar refractivity (Wildman–Crippen MR) is 81.7 cm³/mol. The van der Waals surface area contributed by atoms with Crippen molar-refractivity contribution in [1.29, 1.82) is 0 Å². The van der Waals surface area contributed by atoms with Gasteiger partial charge in [0.2, 0.25) is 10.0 Å². The number of anilines is 2. The van der Waals surface area contributed by atoms with Crippen molar-refractivity contribution in [2.24, 2.45) is 5.41 Å². The molecule has 0 spiro atoms. The molecule has 19 heavy (non-hydrogen) atoms. The molecule has 0 aliphatic rings. The largest absolute Gasteiger partial charge is 0.397 e. The minimum Gasteiger partial charge on any atom is -0.397 e. The van der Waals surface area contributed by atoms with Crippen LogP contribution in [0.15, 0.2) is 24.3 Å². The second-order valence-corrected chi connectivity index (χ2v) is 7.84. The van der Waals surface area contributed by atoms with Crippen molar-refractivity contribution in [3.05, 3.63) is 24.3 Å². The second-order valence-electron chi connectivity index (χ2n) is 5.95. The maximum Gasteiger partial charge on any atom is 0.235 e. The fourth-order valence-corrected chi connectivity index (χ4v) is 4.13. The molecule has 0 atom stereocenters. The first kappa shape index (κ1) is 15.8.